The number of halogens is 4. The van der Waals surface area contributed by atoms with Crippen LogP contribution in [0.1, 0.15) is 18.1 Å². The first-order valence-corrected chi connectivity index (χ1v) is 11.4. The van der Waals surface area contributed by atoms with Crippen LogP contribution in [0.5, 0.6) is 23.0 Å². The van der Waals surface area contributed by atoms with Gasteiger partial charge in [0.25, 0.3) is 5.91 Å². The predicted octanol–water partition coefficient (Wildman–Crippen LogP) is 6.82. The van der Waals surface area contributed by atoms with Crippen molar-refractivity contribution in [3.63, 3.8) is 0 Å². The molecule has 9 nitrogen and oxygen atoms in total. The molecular formula is C25H17BrF3N3O6. The molecule has 3 aromatic rings. The van der Waals surface area contributed by atoms with Crippen LogP contribution in [0.15, 0.2) is 64.6 Å². The van der Waals surface area contributed by atoms with E-state index in [4.69, 9.17) is 9.47 Å². The van der Waals surface area contributed by atoms with E-state index in [9.17, 15) is 38.4 Å². The van der Waals surface area contributed by atoms with Gasteiger partial charge < -0.3 is 19.9 Å². The molecular weight excluding hydrogens is 575 g/mol. The van der Waals surface area contributed by atoms with Crippen molar-refractivity contribution in [3.8, 4) is 29.1 Å². The number of carbonyl (C=O) groups excluding carboxylic acids is 1. The Hall–Kier alpha value is -4.57. The second kappa shape index (κ2) is 11.7. The van der Waals surface area contributed by atoms with E-state index in [1.54, 1.807) is 13.0 Å². The zero-order valence-electron chi connectivity index (χ0n) is 19.4. The summed E-state index contributed by atoms with van der Waals surface area (Å²) < 4.78 is 50.4. The number of hydrogen-bond acceptors (Lipinski definition) is 7. The number of phenolic OH excluding ortho intramolecular Hbond substituents is 1. The summed E-state index contributed by atoms with van der Waals surface area (Å²) in [5.74, 6) is -1.22. The fourth-order valence-corrected chi connectivity index (χ4v) is 3.67. The Morgan fingerprint density at radius 1 is 1.18 bits per heavy atom. The van der Waals surface area contributed by atoms with E-state index in [-0.39, 0.29) is 33.9 Å². The number of phenols is 1. The molecule has 196 valence electrons. The molecule has 3 rings (SSSR count). The molecule has 0 spiro atoms. The Labute approximate surface area is 222 Å². The molecule has 0 radical (unpaired) electrons. The number of alkyl halides is 3. The summed E-state index contributed by atoms with van der Waals surface area (Å²) >= 11 is 3.25. The number of anilines is 1. The van der Waals surface area contributed by atoms with E-state index in [2.05, 4.69) is 21.2 Å². The molecule has 0 unspecified atom stereocenters. The van der Waals surface area contributed by atoms with Crippen molar-refractivity contribution in [2.24, 2.45) is 0 Å². The minimum Gasteiger partial charge on any atom is -0.508 e. The zero-order chi connectivity index (χ0) is 28.0. The van der Waals surface area contributed by atoms with E-state index in [0.29, 0.717) is 23.4 Å². The smallest absolute Gasteiger partial charge is 0.416 e. The number of nitro benzene ring substituents is 1. The molecule has 0 heterocycles. The minimum atomic E-state index is -4.79. The number of aromatic hydroxyl groups is 1. The molecule has 0 fully saturated rings. The highest BCUT2D eigenvalue weighted by molar-refractivity contribution is 9.10. The van der Waals surface area contributed by atoms with Gasteiger partial charge >= 0.3 is 11.9 Å². The van der Waals surface area contributed by atoms with Crippen molar-refractivity contribution in [1.29, 1.82) is 5.26 Å². The largest absolute Gasteiger partial charge is 0.508 e. The fraction of sp³-hybridized carbons (Fsp3) is 0.120. The van der Waals surface area contributed by atoms with Crippen LogP contribution >= 0.6 is 15.9 Å². The summed E-state index contributed by atoms with van der Waals surface area (Å²) in [5.41, 5.74) is -1.75. The number of ether oxygens (including phenoxy) is 2. The van der Waals surface area contributed by atoms with Crippen LogP contribution in [-0.4, -0.2) is 22.5 Å². The summed E-state index contributed by atoms with van der Waals surface area (Å²) in [7, 11) is 0. The number of nitrogens with zero attached hydrogens (tertiary/aromatic N) is 2. The third kappa shape index (κ3) is 6.80. The standard InChI is InChI=1S/C25H17BrF3N3O6/c1-2-37-22-11-14(9-15(13-30)24(34)31-17-4-6-18(33)7-5-17)10-19(26)23(22)38-21-8-3-16(25(27,28)29)12-20(21)32(35)36/h3-12,33H,2H2,1H3,(H,31,34)/b15-9+. The van der Waals surface area contributed by atoms with Gasteiger partial charge in [0.05, 0.1) is 21.6 Å². The maximum atomic E-state index is 13.0. The van der Waals surface area contributed by atoms with E-state index in [1.165, 1.54) is 42.5 Å². The van der Waals surface area contributed by atoms with Gasteiger partial charge in [-0.05, 0) is 83.0 Å². The van der Waals surface area contributed by atoms with Crippen molar-refractivity contribution >= 4 is 39.3 Å². The first kappa shape index (κ1) is 28.0. The average molecular weight is 592 g/mol. The topological polar surface area (TPSA) is 135 Å². The molecule has 0 saturated carbocycles. The molecule has 0 atom stereocenters. The zero-order valence-corrected chi connectivity index (χ0v) is 21.0. The minimum absolute atomic E-state index is 0.00344. The normalized spacial score (nSPS) is 11.4. The van der Waals surface area contributed by atoms with Gasteiger partial charge in [0.1, 0.15) is 17.4 Å². The summed E-state index contributed by atoms with van der Waals surface area (Å²) in [4.78, 5) is 23.0. The van der Waals surface area contributed by atoms with Crippen LogP contribution < -0.4 is 14.8 Å². The third-order valence-electron chi connectivity index (χ3n) is 4.83. The number of nitro groups is 1. The van der Waals surface area contributed by atoms with Crippen LogP contribution in [0.4, 0.5) is 24.5 Å². The first-order chi connectivity index (χ1) is 17.9. The van der Waals surface area contributed by atoms with Crippen LogP contribution in [-0.2, 0) is 11.0 Å². The Morgan fingerprint density at radius 3 is 2.45 bits per heavy atom. The van der Waals surface area contributed by atoms with E-state index >= 15 is 0 Å². The summed E-state index contributed by atoms with van der Waals surface area (Å²) in [6.07, 6.45) is -3.53. The van der Waals surface area contributed by atoms with Crippen molar-refractivity contribution in [1.82, 2.24) is 0 Å². The van der Waals surface area contributed by atoms with E-state index in [0.717, 1.165) is 6.07 Å². The Kier molecular flexibility index (Phi) is 8.59. The molecule has 0 aliphatic rings. The molecule has 0 bridgehead atoms. The maximum Gasteiger partial charge on any atom is 0.416 e. The van der Waals surface area contributed by atoms with Gasteiger partial charge in [-0.3, -0.25) is 14.9 Å². The number of benzene rings is 3. The second-order valence-corrected chi connectivity index (χ2v) is 8.33. The maximum absolute atomic E-state index is 13.0. The fourth-order valence-electron chi connectivity index (χ4n) is 3.12. The van der Waals surface area contributed by atoms with Crippen LogP contribution in [0.3, 0.4) is 0 Å². The number of carbonyl (C=O) groups is 1. The van der Waals surface area contributed by atoms with Crippen molar-refractivity contribution in [2.75, 3.05) is 11.9 Å². The predicted molar refractivity (Wildman–Crippen MR) is 134 cm³/mol. The van der Waals surface area contributed by atoms with Gasteiger partial charge in [0.2, 0.25) is 5.75 Å². The van der Waals surface area contributed by atoms with Gasteiger partial charge in [-0.2, -0.15) is 18.4 Å². The Balaban J connectivity index is 1.97. The highest BCUT2D eigenvalue weighted by atomic mass is 79.9. The van der Waals surface area contributed by atoms with Crippen molar-refractivity contribution in [3.05, 3.63) is 85.9 Å². The number of rotatable bonds is 8. The molecule has 0 saturated heterocycles. The number of hydrogen-bond donors (Lipinski definition) is 2. The van der Waals surface area contributed by atoms with E-state index in [1.807, 2.05) is 0 Å². The van der Waals surface area contributed by atoms with Gasteiger partial charge in [0, 0.05) is 11.8 Å². The molecule has 1 amide bonds. The lowest BCUT2D eigenvalue weighted by molar-refractivity contribution is -0.385. The highest BCUT2D eigenvalue weighted by Gasteiger charge is 2.33. The van der Waals surface area contributed by atoms with Gasteiger partial charge in [-0.25, -0.2) is 0 Å². The summed E-state index contributed by atoms with van der Waals surface area (Å²) in [6, 6.07) is 12.1. The number of amides is 1. The van der Waals surface area contributed by atoms with Gasteiger partial charge in [0.15, 0.2) is 11.5 Å². The lowest BCUT2D eigenvalue weighted by atomic mass is 10.1. The van der Waals surface area contributed by atoms with Gasteiger partial charge in [-0.1, -0.05) is 0 Å². The lowest BCUT2D eigenvalue weighted by Crippen LogP contribution is -2.13. The molecule has 3 aromatic carbocycles. The van der Waals surface area contributed by atoms with Gasteiger partial charge in [-0.15, -0.1) is 0 Å². The van der Waals surface area contributed by atoms with Crippen LogP contribution in [0.2, 0.25) is 0 Å². The van der Waals surface area contributed by atoms with Crippen molar-refractivity contribution in [2.45, 2.75) is 13.1 Å². The third-order valence-corrected chi connectivity index (χ3v) is 5.42. The lowest BCUT2D eigenvalue weighted by Gasteiger charge is -2.15. The SMILES string of the molecule is CCOc1cc(/C=C(\C#N)C(=O)Nc2ccc(O)cc2)cc(Br)c1Oc1ccc(C(F)(F)F)cc1[N+](=O)[O-]. The molecule has 0 aliphatic heterocycles. The highest BCUT2D eigenvalue weighted by Crippen LogP contribution is 2.44. The Morgan fingerprint density at radius 2 is 1.87 bits per heavy atom. The van der Waals surface area contributed by atoms with E-state index < -0.39 is 34.0 Å². The quantitative estimate of drug-likeness (QED) is 0.0964. The molecule has 0 aromatic heterocycles. The number of nitriles is 1. The van der Waals surface area contributed by atoms with Crippen LogP contribution in [0, 0.1) is 21.4 Å². The molecule has 38 heavy (non-hydrogen) atoms. The molecule has 13 heteroatoms. The Bertz CT molecular complexity index is 1450. The molecule has 2 N–H and O–H groups in total. The van der Waals surface area contributed by atoms with Crippen LogP contribution in [0.25, 0.3) is 6.08 Å². The number of nitrogens with one attached hydrogen (secondary N) is 1. The molecule has 0 aliphatic carbocycles. The summed E-state index contributed by atoms with van der Waals surface area (Å²) in [6.45, 7) is 1.77. The summed E-state index contributed by atoms with van der Waals surface area (Å²) in [5, 5.41) is 32.8. The first-order valence-electron chi connectivity index (χ1n) is 10.6. The second-order valence-electron chi connectivity index (χ2n) is 7.47. The van der Waals surface area contributed by atoms with Crippen molar-refractivity contribution < 1.29 is 37.5 Å². The monoisotopic (exact) mass is 591 g/mol. The average Bonchev–Trinajstić information content (AvgIpc) is 2.85.